The van der Waals surface area contributed by atoms with Crippen molar-refractivity contribution >= 4 is 28.6 Å². The molecule has 1 saturated heterocycles. The van der Waals surface area contributed by atoms with E-state index in [1.165, 1.54) is 11.8 Å². The predicted molar refractivity (Wildman–Crippen MR) is 103 cm³/mol. The van der Waals surface area contributed by atoms with Crippen LogP contribution in [0, 0.1) is 0 Å². The SMILES string of the molecule is O=C1CC(c2ccccc2)NC(SCc2nc3ccccc3c(=O)[nH]2)N1. The molecule has 0 aliphatic carbocycles. The van der Waals surface area contributed by atoms with Gasteiger partial charge in [-0.1, -0.05) is 42.5 Å². The Kier molecular flexibility index (Phi) is 4.73. The van der Waals surface area contributed by atoms with Crippen LogP contribution in [0.4, 0.5) is 0 Å². The minimum Gasteiger partial charge on any atom is -0.332 e. The molecule has 3 N–H and O–H groups in total. The van der Waals surface area contributed by atoms with Gasteiger partial charge in [-0.15, -0.1) is 11.8 Å². The molecule has 4 rings (SSSR count). The fourth-order valence-electron chi connectivity index (χ4n) is 3.03. The van der Waals surface area contributed by atoms with Crippen LogP contribution in [-0.2, 0) is 10.5 Å². The molecule has 0 bridgehead atoms. The molecule has 2 atom stereocenters. The highest BCUT2D eigenvalue weighted by molar-refractivity contribution is 7.99. The van der Waals surface area contributed by atoms with E-state index in [1.807, 2.05) is 48.5 Å². The van der Waals surface area contributed by atoms with Gasteiger partial charge in [0.15, 0.2) is 0 Å². The van der Waals surface area contributed by atoms with Gasteiger partial charge < -0.3 is 10.3 Å². The molecule has 2 unspecified atom stereocenters. The van der Waals surface area contributed by atoms with Crippen LogP contribution in [0.3, 0.4) is 0 Å². The van der Waals surface area contributed by atoms with Gasteiger partial charge >= 0.3 is 0 Å². The van der Waals surface area contributed by atoms with Gasteiger partial charge in [0.05, 0.1) is 16.7 Å². The first kappa shape index (κ1) is 16.8. The van der Waals surface area contributed by atoms with Gasteiger partial charge in [-0.2, -0.15) is 0 Å². The van der Waals surface area contributed by atoms with Gasteiger partial charge in [-0.25, -0.2) is 4.98 Å². The zero-order chi connectivity index (χ0) is 17.9. The van der Waals surface area contributed by atoms with Crippen LogP contribution >= 0.6 is 11.8 Å². The number of aromatic amines is 1. The summed E-state index contributed by atoms with van der Waals surface area (Å²) in [6, 6.07) is 17.2. The number of carbonyl (C=O) groups excluding carboxylic acids is 1. The Labute approximate surface area is 154 Å². The van der Waals surface area contributed by atoms with Crippen molar-refractivity contribution in [3.8, 4) is 0 Å². The smallest absolute Gasteiger partial charge is 0.258 e. The number of thioether (sulfide) groups is 1. The number of para-hydroxylation sites is 1. The minimum atomic E-state index is -0.238. The topological polar surface area (TPSA) is 86.9 Å². The summed E-state index contributed by atoms with van der Waals surface area (Å²) >= 11 is 1.49. The first-order valence-corrected chi connectivity index (χ1v) is 9.44. The second-order valence-electron chi connectivity index (χ2n) is 6.12. The number of amides is 1. The third-order valence-corrected chi connectivity index (χ3v) is 5.31. The Morgan fingerprint density at radius 3 is 2.65 bits per heavy atom. The number of nitrogens with one attached hydrogen (secondary N) is 3. The highest BCUT2D eigenvalue weighted by Gasteiger charge is 2.27. The van der Waals surface area contributed by atoms with Gasteiger partial charge in [0.1, 0.15) is 11.3 Å². The molecule has 3 aromatic rings. The summed E-state index contributed by atoms with van der Waals surface area (Å²) in [4.78, 5) is 31.5. The maximum absolute atomic E-state index is 12.1. The normalized spacial score (nSPS) is 20.1. The molecule has 1 amide bonds. The minimum absolute atomic E-state index is 0.00932. The molecular weight excluding hydrogens is 348 g/mol. The van der Waals surface area contributed by atoms with E-state index in [-0.39, 0.29) is 23.0 Å². The summed E-state index contributed by atoms with van der Waals surface area (Å²) in [6.45, 7) is 0. The summed E-state index contributed by atoms with van der Waals surface area (Å²) in [5.41, 5.74) is 1.38. The van der Waals surface area contributed by atoms with Crippen molar-refractivity contribution in [3.63, 3.8) is 0 Å². The first-order valence-electron chi connectivity index (χ1n) is 8.39. The van der Waals surface area contributed by atoms with E-state index in [0.29, 0.717) is 28.9 Å². The molecule has 26 heavy (non-hydrogen) atoms. The van der Waals surface area contributed by atoms with Crippen LogP contribution in [0.1, 0.15) is 23.9 Å². The summed E-state index contributed by atoms with van der Waals surface area (Å²) in [5.74, 6) is 1.09. The van der Waals surface area contributed by atoms with E-state index in [2.05, 4.69) is 20.6 Å². The van der Waals surface area contributed by atoms with Gasteiger partial charge in [0.2, 0.25) is 5.91 Å². The lowest BCUT2D eigenvalue weighted by Gasteiger charge is -2.31. The van der Waals surface area contributed by atoms with E-state index in [4.69, 9.17) is 0 Å². The quantitative estimate of drug-likeness (QED) is 0.659. The molecule has 7 heteroatoms. The second kappa shape index (κ2) is 7.31. The Balaban J connectivity index is 1.47. The zero-order valence-electron chi connectivity index (χ0n) is 13.9. The fourth-order valence-corrected chi connectivity index (χ4v) is 3.97. The lowest BCUT2D eigenvalue weighted by atomic mass is 10.0. The van der Waals surface area contributed by atoms with Crippen molar-refractivity contribution in [3.05, 3.63) is 76.3 Å². The van der Waals surface area contributed by atoms with Gasteiger partial charge in [0, 0.05) is 12.5 Å². The monoisotopic (exact) mass is 366 g/mol. The van der Waals surface area contributed by atoms with Gasteiger partial charge in [-0.3, -0.25) is 14.9 Å². The number of fused-ring (bicyclic) bond motifs is 1. The predicted octanol–water partition coefficient (Wildman–Crippen LogP) is 2.29. The maximum atomic E-state index is 12.1. The highest BCUT2D eigenvalue weighted by Crippen LogP contribution is 2.24. The second-order valence-corrected chi connectivity index (χ2v) is 7.22. The Morgan fingerprint density at radius 1 is 1.04 bits per heavy atom. The number of benzene rings is 2. The Bertz CT molecular complexity index is 990. The number of H-pyrrole nitrogens is 1. The number of hydrogen-bond donors (Lipinski definition) is 3. The number of hydrogen-bond acceptors (Lipinski definition) is 5. The standard InChI is InChI=1S/C19H18N4O2S/c24-17-10-15(12-6-2-1-3-7-12)21-19(23-17)26-11-16-20-14-9-5-4-8-13(14)18(25)22-16/h1-9,15,19,21H,10-11H2,(H,23,24)(H,20,22,25). The summed E-state index contributed by atoms with van der Waals surface area (Å²) in [7, 11) is 0. The maximum Gasteiger partial charge on any atom is 0.258 e. The molecule has 2 aromatic carbocycles. The molecule has 132 valence electrons. The first-order chi connectivity index (χ1) is 12.7. The van der Waals surface area contributed by atoms with Crippen molar-refractivity contribution < 1.29 is 4.79 Å². The molecule has 1 aromatic heterocycles. The van der Waals surface area contributed by atoms with E-state index in [9.17, 15) is 9.59 Å². The van der Waals surface area contributed by atoms with Crippen LogP contribution in [0.2, 0.25) is 0 Å². The van der Waals surface area contributed by atoms with Crippen molar-refractivity contribution in [2.45, 2.75) is 23.7 Å². The molecule has 6 nitrogen and oxygen atoms in total. The van der Waals surface area contributed by atoms with Crippen molar-refractivity contribution in [1.29, 1.82) is 0 Å². The van der Waals surface area contributed by atoms with Crippen molar-refractivity contribution in [2.75, 3.05) is 0 Å². The van der Waals surface area contributed by atoms with Crippen LogP contribution < -0.4 is 16.2 Å². The van der Waals surface area contributed by atoms with Gasteiger partial charge in [0.25, 0.3) is 5.56 Å². The average Bonchev–Trinajstić information content (AvgIpc) is 2.67. The molecule has 1 aliphatic heterocycles. The fraction of sp³-hybridized carbons (Fsp3) is 0.211. The zero-order valence-corrected chi connectivity index (χ0v) is 14.8. The largest absolute Gasteiger partial charge is 0.332 e. The third-order valence-electron chi connectivity index (χ3n) is 4.28. The summed E-state index contributed by atoms with van der Waals surface area (Å²) < 4.78 is 0. The van der Waals surface area contributed by atoms with Crippen molar-refractivity contribution in [2.24, 2.45) is 0 Å². The lowest BCUT2D eigenvalue weighted by Crippen LogP contribution is -2.51. The van der Waals surface area contributed by atoms with E-state index in [1.54, 1.807) is 6.07 Å². The van der Waals surface area contributed by atoms with Crippen LogP contribution in [0.25, 0.3) is 10.9 Å². The molecular formula is C19H18N4O2S. The van der Waals surface area contributed by atoms with Gasteiger partial charge in [-0.05, 0) is 17.7 Å². The lowest BCUT2D eigenvalue weighted by molar-refractivity contribution is -0.123. The summed E-state index contributed by atoms with van der Waals surface area (Å²) in [6.07, 6.45) is 0.409. The highest BCUT2D eigenvalue weighted by atomic mass is 32.2. The summed E-state index contributed by atoms with van der Waals surface area (Å²) in [5, 5.41) is 6.94. The molecule has 1 aliphatic rings. The van der Waals surface area contributed by atoms with Crippen LogP contribution in [0.15, 0.2) is 59.4 Å². The number of nitrogens with zero attached hydrogens (tertiary/aromatic N) is 1. The van der Waals surface area contributed by atoms with E-state index in [0.717, 1.165) is 5.56 Å². The molecule has 0 saturated carbocycles. The number of aromatic nitrogens is 2. The Morgan fingerprint density at radius 2 is 1.81 bits per heavy atom. The van der Waals surface area contributed by atoms with Crippen molar-refractivity contribution in [1.82, 2.24) is 20.6 Å². The van der Waals surface area contributed by atoms with E-state index >= 15 is 0 Å². The average molecular weight is 366 g/mol. The van der Waals surface area contributed by atoms with Crippen LogP contribution in [-0.4, -0.2) is 21.4 Å². The van der Waals surface area contributed by atoms with E-state index < -0.39 is 0 Å². The molecule has 2 heterocycles. The molecule has 0 spiro atoms. The third kappa shape index (κ3) is 3.63. The van der Waals surface area contributed by atoms with Crippen LogP contribution in [0.5, 0.6) is 0 Å². The number of carbonyl (C=O) groups is 1. The Hall–Kier alpha value is -2.64. The molecule has 1 fully saturated rings. The molecule has 0 radical (unpaired) electrons. The number of rotatable bonds is 4.